The minimum atomic E-state index is -0.725. The van der Waals surface area contributed by atoms with Crippen LogP contribution in [-0.2, 0) is 14.3 Å². The summed E-state index contributed by atoms with van der Waals surface area (Å²) in [5.74, 6) is -1.60. The van der Waals surface area contributed by atoms with Gasteiger partial charge in [-0.2, -0.15) is 4.73 Å². The van der Waals surface area contributed by atoms with Crippen LogP contribution >= 0.6 is 0 Å². The molecule has 8 heteroatoms. The Kier molecular flexibility index (Phi) is 6.48. The molecule has 0 bridgehead atoms. The van der Waals surface area contributed by atoms with Crippen LogP contribution < -0.4 is 10.0 Å². The van der Waals surface area contributed by atoms with E-state index in [1.54, 1.807) is 0 Å². The fourth-order valence-electron chi connectivity index (χ4n) is 2.23. The fraction of sp³-hybridized carbons (Fsp3) is 0.263. The summed E-state index contributed by atoms with van der Waals surface area (Å²) in [6.45, 7) is 3.12. The van der Waals surface area contributed by atoms with Crippen molar-refractivity contribution >= 4 is 23.5 Å². The predicted octanol–water partition coefficient (Wildman–Crippen LogP) is 1.19. The molecule has 1 aromatic carbocycles. The lowest BCUT2D eigenvalue weighted by molar-refractivity contribution is -0.605. The van der Waals surface area contributed by atoms with Crippen molar-refractivity contribution in [1.29, 1.82) is 0 Å². The number of amides is 2. The summed E-state index contributed by atoms with van der Waals surface area (Å²) in [6.07, 6.45) is 2.31. The van der Waals surface area contributed by atoms with Gasteiger partial charge in [0.1, 0.15) is 0 Å². The van der Waals surface area contributed by atoms with Crippen LogP contribution in [0.4, 0.5) is 5.69 Å². The number of nitrogens with zero attached hydrogens (tertiary/aromatic N) is 2. The number of nitrogens with one attached hydrogen (secondary N) is 1. The topological polar surface area (TPSA) is 103 Å². The van der Waals surface area contributed by atoms with E-state index < -0.39 is 18.5 Å². The summed E-state index contributed by atoms with van der Waals surface area (Å²) in [4.78, 5) is 37.2. The summed E-state index contributed by atoms with van der Waals surface area (Å²) in [6, 6.07) is 8.28. The van der Waals surface area contributed by atoms with Crippen molar-refractivity contribution in [2.24, 2.45) is 0 Å². The molecule has 1 N–H and O–H groups in total. The Labute approximate surface area is 156 Å². The maximum absolute atomic E-state index is 12.1. The highest BCUT2D eigenvalue weighted by atomic mass is 16.5. The fourth-order valence-corrected chi connectivity index (χ4v) is 2.23. The zero-order valence-corrected chi connectivity index (χ0v) is 15.4. The maximum atomic E-state index is 12.1. The van der Waals surface area contributed by atoms with Gasteiger partial charge in [-0.25, -0.2) is 4.79 Å². The molecular weight excluding hydrogens is 350 g/mol. The molecule has 2 amide bonds. The molecule has 0 spiro atoms. The van der Waals surface area contributed by atoms with Gasteiger partial charge in [0.25, 0.3) is 5.91 Å². The standard InChI is InChI=1S/C19H21N3O5/c1-13-4-5-14(2)16(10-13)20-17(23)11-21(3)18(24)12-27-19(25)15-6-8-22(26)9-7-15/h4-10H,11-12H2,1-3H3,(H,20,23). The molecule has 142 valence electrons. The second-order valence-corrected chi connectivity index (χ2v) is 6.14. The first-order chi connectivity index (χ1) is 12.8. The van der Waals surface area contributed by atoms with E-state index in [0.717, 1.165) is 23.5 Å². The van der Waals surface area contributed by atoms with Crippen molar-refractivity contribution in [1.82, 2.24) is 4.90 Å². The smallest absolute Gasteiger partial charge is 0.339 e. The van der Waals surface area contributed by atoms with Gasteiger partial charge in [0, 0.05) is 24.9 Å². The highest BCUT2D eigenvalue weighted by Gasteiger charge is 2.17. The zero-order chi connectivity index (χ0) is 20.0. The van der Waals surface area contributed by atoms with E-state index >= 15 is 0 Å². The minimum absolute atomic E-state index is 0.158. The normalized spacial score (nSPS) is 10.2. The molecule has 0 saturated carbocycles. The Balaban J connectivity index is 1.84. The zero-order valence-electron chi connectivity index (χ0n) is 15.4. The molecule has 0 radical (unpaired) electrons. The lowest BCUT2D eigenvalue weighted by atomic mass is 10.1. The number of pyridine rings is 1. The number of anilines is 1. The molecule has 2 aromatic rings. The highest BCUT2D eigenvalue weighted by Crippen LogP contribution is 2.16. The van der Waals surface area contributed by atoms with E-state index in [4.69, 9.17) is 4.74 Å². The first kappa shape index (κ1) is 19.9. The van der Waals surface area contributed by atoms with Crippen LogP contribution in [0.15, 0.2) is 42.7 Å². The van der Waals surface area contributed by atoms with Crippen LogP contribution in [0.5, 0.6) is 0 Å². The first-order valence-corrected chi connectivity index (χ1v) is 8.23. The number of likely N-dealkylation sites (N-methyl/N-ethyl adjacent to an activating group) is 1. The number of aromatic nitrogens is 1. The van der Waals surface area contributed by atoms with Crippen LogP contribution in [0.3, 0.4) is 0 Å². The number of hydrogen-bond donors (Lipinski definition) is 1. The van der Waals surface area contributed by atoms with Crippen molar-refractivity contribution in [3.63, 3.8) is 0 Å². The van der Waals surface area contributed by atoms with E-state index in [9.17, 15) is 19.6 Å². The molecular formula is C19H21N3O5. The Morgan fingerprint density at radius 2 is 1.81 bits per heavy atom. The third-order valence-electron chi connectivity index (χ3n) is 3.84. The molecule has 1 heterocycles. The number of rotatable bonds is 6. The molecule has 0 atom stereocenters. The van der Waals surface area contributed by atoms with E-state index in [1.165, 1.54) is 24.1 Å². The molecule has 0 aliphatic carbocycles. The highest BCUT2D eigenvalue weighted by molar-refractivity contribution is 5.96. The van der Waals surface area contributed by atoms with Gasteiger partial charge in [-0.1, -0.05) is 12.1 Å². The average Bonchev–Trinajstić information content (AvgIpc) is 2.62. The Morgan fingerprint density at radius 3 is 2.48 bits per heavy atom. The monoisotopic (exact) mass is 371 g/mol. The molecule has 2 rings (SSSR count). The quantitative estimate of drug-likeness (QED) is 0.467. The molecule has 0 aliphatic heterocycles. The van der Waals surface area contributed by atoms with Crippen LogP contribution in [0.2, 0.25) is 0 Å². The molecule has 27 heavy (non-hydrogen) atoms. The number of carbonyl (C=O) groups excluding carboxylic acids is 3. The van der Waals surface area contributed by atoms with Gasteiger partial charge < -0.3 is 20.2 Å². The van der Waals surface area contributed by atoms with Crippen molar-refractivity contribution in [3.8, 4) is 0 Å². The van der Waals surface area contributed by atoms with Crippen molar-refractivity contribution in [2.75, 3.05) is 25.5 Å². The molecule has 0 saturated heterocycles. The van der Waals surface area contributed by atoms with E-state index in [1.807, 2.05) is 32.0 Å². The SMILES string of the molecule is Cc1ccc(C)c(NC(=O)CN(C)C(=O)COC(=O)c2cc[n+]([O-])cc2)c1. The molecule has 1 aromatic heterocycles. The molecule has 0 fully saturated rings. The third-order valence-corrected chi connectivity index (χ3v) is 3.84. The largest absolute Gasteiger partial charge is 0.619 e. The van der Waals surface area contributed by atoms with Gasteiger partial charge in [0.2, 0.25) is 5.91 Å². The van der Waals surface area contributed by atoms with Gasteiger partial charge in [-0.05, 0) is 31.0 Å². The van der Waals surface area contributed by atoms with Crippen LogP contribution in [0.25, 0.3) is 0 Å². The lowest BCUT2D eigenvalue weighted by Crippen LogP contribution is -2.37. The number of hydrogen-bond acceptors (Lipinski definition) is 5. The second kappa shape index (κ2) is 8.79. The van der Waals surface area contributed by atoms with E-state index in [0.29, 0.717) is 10.4 Å². The second-order valence-electron chi connectivity index (χ2n) is 6.14. The number of carbonyl (C=O) groups is 3. The van der Waals surface area contributed by atoms with Gasteiger partial charge in [0.05, 0.1) is 12.1 Å². The Morgan fingerprint density at radius 1 is 1.15 bits per heavy atom. The van der Waals surface area contributed by atoms with Crippen LogP contribution in [0.1, 0.15) is 21.5 Å². The number of esters is 1. The summed E-state index contributed by atoms with van der Waals surface area (Å²) < 4.78 is 5.44. The number of aryl methyl sites for hydroxylation is 2. The van der Waals surface area contributed by atoms with Crippen molar-refractivity contribution in [3.05, 3.63) is 64.6 Å². The minimum Gasteiger partial charge on any atom is -0.619 e. The summed E-state index contributed by atoms with van der Waals surface area (Å²) in [5, 5.41) is 13.7. The van der Waals surface area contributed by atoms with Crippen molar-refractivity contribution in [2.45, 2.75) is 13.8 Å². The molecule has 8 nitrogen and oxygen atoms in total. The van der Waals surface area contributed by atoms with Gasteiger partial charge in [0.15, 0.2) is 19.0 Å². The number of benzene rings is 1. The van der Waals surface area contributed by atoms with Crippen LogP contribution in [-0.4, -0.2) is 42.9 Å². The molecule has 0 aliphatic rings. The molecule has 0 unspecified atom stereocenters. The number of ether oxygens (including phenoxy) is 1. The summed E-state index contributed by atoms with van der Waals surface area (Å²) in [7, 11) is 1.45. The van der Waals surface area contributed by atoms with E-state index in [2.05, 4.69) is 5.32 Å². The van der Waals surface area contributed by atoms with Crippen molar-refractivity contribution < 1.29 is 23.9 Å². The maximum Gasteiger partial charge on any atom is 0.339 e. The Bertz CT molecular complexity index is 849. The average molecular weight is 371 g/mol. The van der Waals surface area contributed by atoms with Gasteiger partial charge >= 0.3 is 5.97 Å². The third kappa shape index (κ3) is 5.81. The summed E-state index contributed by atoms with van der Waals surface area (Å²) >= 11 is 0. The van der Waals surface area contributed by atoms with Gasteiger partial charge in [-0.15, -0.1) is 0 Å². The van der Waals surface area contributed by atoms with Gasteiger partial charge in [-0.3, -0.25) is 9.59 Å². The lowest BCUT2D eigenvalue weighted by Gasteiger charge is -2.17. The van der Waals surface area contributed by atoms with E-state index in [-0.39, 0.29) is 18.0 Å². The predicted molar refractivity (Wildman–Crippen MR) is 97.9 cm³/mol. The first-order valence-electron chi connectivity index (χ1n) is 8.23. The summed E-state index contributed by atoms with van der Waals surface area (Å²) in [5.41, 5.74) is 2.77. The Hall–Kier alpha value is -3.42. The van der Waals surface area contributed by atoms with Crippen LogP contribution in [0, 0.1) is 19.1 Å².